The third kappa shape index (κ3) is 2.90. The molecule has 2 aromatic carbocycles. The Bertz CT molecular complexity index is 863. The zero-order chi connectivity index (χ0) is 17.3. The maximum absolute atomic E-state index is 11.6. The molecule has 2 N–H and O–H groups in total. The predicted octanol–water partition coefficient (Wildman–Crippen LogP) is 4.43. The molecule has 0 radical (unpaired) electrons. The molecule has 4 nitrogen and oxygen atoms in total. The summed E-state index contributed by atoms with van der Waals surface area (Å²) in [5.41, 5.74) is 1.96. The van der Waals surface area contributed by atoms with Crippen LogP contribution in [0, 0.1) is 0 Å². The molecule has 1 atom stereocenters. The molecule has 24 heavy (non-hydrogen) atoms. The van der Waals surface area contributed by atoms with E-state index in [-0.39, 0.29) is 0 Å². The van der Waals surface area contributed by atoms with Gasteiger partial charge in [0.25, 0.3) is 0 Å². The first kappa shape index (κ1) is 16.6. The molecule has 0 unspecified atom stereocenters. The fourth-order valence-corrected chi connectivity index (χ4v) is 3.20. The monoisotopic (exact) mass is 361 g/mol. The number of carbonyl (C=O) groups is 2. The molecule has 1 aliphatic carbocycles. The van der Waals surface area contributed by atoms with Crippen molar-refractivity contribution in [2.24, 2.45) is 0 Å². The number of rotatable bonds is 3. The molecule has 0 bridgehead atoms. The highest BCUT2D eigenvalue weighted by atomic mass is 35.5. The minimum atomic E-state index is -1.35. The Hall–Kier alpha value is -2.30. The van der Waals surface area contributed by atoms with Crippen LogP contribution in [0.25, 0.3) is 11.1 Å². The molecule has 0 saturated heterocycles. The third-order valence-electron chi connectivity index (χ3n) is 4.02. The minimum Gasteiger partial charge on any atom is -0.465 e. The van der Waals surface area contributed by atoms with Crippen LogP contribution < -0.4 is 5.32 Å². The maximum Gasteiger partial charge on any atom is 0.405 e. The van der Waals surface area contributed by atoms with Gasteiger partial charge in [0.2, 0.25) is 0 Å². The number of halogens is 2. The molecule has 3 rings (SSSR count). The van der Waals surface area contributed by atoms with Crippen molar-refractivity contribution in [2.75, 3.05) is 0 Å². The summed E-state index contributed by atoms with van der Waals surface area (Å²) in [6.07, 6.45) is 3.32. The van der Waals surface area contributed by atoms with Gasteiger partial charge in [0, 0.05) is 0 Å². The van der Waals surface area contributed by atoms with Gasteiger partial charge in [-0.05, 0) is 40.8 Å². The molecule has 0 heterocycles. The van der Waals surface area contributed by atoms with Crippen molar-refractivity contribution in [1.82, 2.24) is 5.32 Å². The van der Waals surface area contributed by atoms with Crippen LogP contribution in [-0.4, -0.2) is 17.5 Å². The Morgan fingerprint density at radius 3 is 2.50 bits per heavy atom. The van der Waals surface area contributed by atoms with E-state index < -0.39 is 11.6 Å². The number of aldehydes is 1. The van der Waals surface area contributed by atoms with E-state index in [0.29, 0.717) is 28.3 Å². The molecular weight excluding hydrogens is 349 g/mol. The number of fused-ring (bicyclic) bond motifs is 1. The number of allylic oxidation sites excluding steroid dienone is 1. The highest BCUT2D eigenvalue weighted by Gasteiger charge is 2.35. The summed E-state index contributed by atoms with van der Waals surface area (Å²) in [6, 6.07) is 10.9. The van der Waals surface area contributed by atoms with Crippen LogP contribution in [0.15, 0.2) is 48.6 Å². The predicted molar refractivity (Wildman–Crippen MR) is 93.6 cm³/mol. The first-order chi connectivity index (χ1) is 11.4. The molecule has 1 amide bonds. The summed E-state index contributed by atoms with van der Waals surface area (Å²) < 4.78 is 0. The zero-order valence-corrected chi connectivity index (χ0v) is 13.9. The van der Waals surface area contributed by atoms with Gasteiger partial charge < -0.3 is 10.4 Å². The molecule has 0 aliphatic heterocycles. The number of nitrogens with one attached hydrogen (secondary N) is 1. The first-order valence-corrected chi connectivity index (χ1v) is 7.95. The fourth-order valence-electron chi connectivity index (χ4n) is 2.90. The SMILES string of the molecule is O=C[C@]1(NC(=O)O)C=CCc2cc(-c3ccc(Cl)c(Cl)c3)ccc21. The summed E-state index contributed by atoms with van der Waals surface area (Å²) in [5, 5.41) is 12.3. The zero-order valence-electron chi connectivity index (χ0n) is 12.4. The first-order valence-electron chi connectivity index (χ1n) is 7.19. The van der Waals surface area contributed by atoms with Crippen molar-refractivity contribution in [3.63, 3.8) is 0 Å². The fraction of sp³-hybridized carbons (Fsp3) is 0.111. The quantitative estimate of drug-likeness (QED) is 0.627. The highest BCUT2D eigenvalue weighted by molar-refractivity contribution is 6.42. The van der Waals surface area contributed by atoms with Crippen LogP contribution in [0.4, 0.5) is 4.79 Å². The van der Waals surface area contributed by atoms with Crippen LogP contribution in [0.1, 0.15) is 11.1 Å². The van der Waals surface area contributed by atoms with Gasteiger partial charge in [-0.3, -0.25) is 4.79 Å². The van der Waals surface area contributed by atoms with Crippen molar-refractivity contribution in [2.45, 2.75) is 12.0 Å². The van der Waals surface area contributed by atoms with Crippen molar-refractivity contribution >= 4 is 35.6 Å². The van der Waals surface area contributed by atoms with Crippen LogP contribution >= 0.6 is 23.2 Å². The van der Waals surface area contributed by atoms with E-state index in [9.17, 15) is 9.59 Å². The van der Waals surface area contributed by atoms with E-state index in [1.165, 1.54) is 0 Å². The minimum absolute atomic E-state index is 0.460. The number of benzene rings is 2. The van der Waals surface area contributed by atoms with Crippen molar-refractivity contribution < 1.29 is 14.7 Å². The van der Waals surface area contributed by atoms with Crippen molar-refractivity contribution in [1.29, 1.82) is 0 Å². The molecule has 0 spiro atoms. The number of hydrogen-bond acceptors (Lipinski definition) is 2. The van der Waals surface area contributed by atoms with E-state index in [0.717, 1.165) is 16.7 Å². The number of carboxylic acid groups (broad SMARTS) is 1. The smallest absolute Gasteiger partial charge is 0.405 e. The number of amides is 1. The molecule has 6 heteroatoms. The molecule has 1 aliphatic rings. The molecule has 0 saturated carbocycles. The van der Waals surface area contributed by atoms with Crippen LogP contribution in [0.5, 0.6) is 0 Å². The van der Waals surface area contributed by atoms with Gasteiger partial charge in [-0.1, -0.05) is 59.6 Å². The van der Waals surface area contributed by atoms with Gasteiger partial charge in [-0.25, -0.2) is 4.79 Å². The van der Waals surface area contributed by atoms with E-state index >= 15 is 0 Å². The van der Waals surface area contributed by atoms with E-state index in [1.807, 2.05) is 18.2 Å². The summed E-state index contributed by atoms with van der Waals surface area (Å²) in [4.78, 5) is 22.7. The summed E-state index contributed by atoms with van der Waals surface area (Å²) in [6.45, 7) is 0. The normalized spacial score (nSPS) is 18.8. The lowest BCUT2D eigenvalue weighted by molar-refractivity contribution is -0.112. The summed E-state index contributed by atoms with van der Waals surface area (Å²) in [7, 11) is 0. The number of carbonyl (C=O) groups excluding carboxylic acids is 1. The molecule has 2 aromatic rings. The molecule has 0 fully saturated rings. The Kier molecular flexibility index (Phi) is 4.35. The summed E-state index contributed by atoms with van der Waals surface area (Å²) in [5.74, 6) is 0. The van der Waals surface area contributed by atoms with E-state index in [4.69, 9.17) is 28.3 Å². The standard InChI is InChI=1S/C18H13Cl2NO3/c19-15-6-4-12(9-16(15)20)11-3-5-14-13(8-11)2-1-7-18(14,10-22)21-17(23)24/h1,3-10,21H,2H2,(H,23,24)/t18-/m1/s1. The van der Waals surface area contributed by atoms with Crippen LogP contribution in [-0.2, 0) is 16.8 Å². The maximum atomic E-state index is 11.6. The number of hydrogen-bond donors (Lipinski definition) is 2. The molecule has 122 valence electrons. The van der Waals surface area contributed by atoms with Gasteiger partial charge in [0.1, 0.15) is 5.54 Å². The average molecular weight is 362 g/mol. The highest BCUT2D eigenvalue weighted by Crippen LogP contribution is 2.34. The molecule has 0 aromatic heterocycles. The van der Waals surface area contributed by atoms with Crippen LogP contribution in [0.2, 0.25) is 10.0 Å². The van der Waals surface area contributed by atoms with Crippen molar-refractivity contribution in [3.8, 4) is 11.1 Å². The largest absolute Gasteiger partial charge is 0.465 e. The van der Waals surface area contributed by atoms with Crippen molar-refractivity contribution in [3.05, 3.63) is 69.7 Å². The van der Waals surface area contributed by atoms with Gasteiger partial charge in [-0.15, -0.1) is 0 Å². The van der Waals surface area contributed by atoms with Crippen LogP contribution in [0.3, 0.4) is 0 Å². The second-order valence-corrected chi connectivity index (χ2v) is 6.34. The topological polar surface area (TPSA) is 66.4 Å². The van der Waals surface area contributed by atoms with Gasteiger partial charge in [-0.2, -0.15) is 0 Å². The van der Waals surface area contributed by atoms with Gasteiger partial charge >= 0.3 is 6.09 Å². The lowest BCUT2D eigenvalue weighted by atomic mass is 9.81. The average Bonchev–Trinajstić information content (AvgIpc) is 2.56. The lowest BCUT2D eigenvalue weighted by Crippen LogP contribution is -2.46. The molecular formula is C18H13Cl2NO3. The Morgan fingerprint density at radius 2 is 1.83 bits per heavy atom. The van der Waals surface area contributed by atoms with E-state index in [1.54, 1.807) is 30.4 Å². The Balaban J connectivity index is 2.07. The second kappa shape index (κ2) is 6.30. The lowest BCUT2D eigenvalue weighted by Gasteiger charge is -2.30. The Morgan fingerprint density at radius 1 is 1.12 bits per heavy atom. The summed E-state index contributed by atoms with van der Waals surface area (Å²) >= 11 is 12.0. The van der Waals surface area contributed by atoms with Gasteiger partial charge in [0.15, 0.2) is 6.29 Å². The third-order valence-corrected chi connectivity index (χ3v) is 4.76. The second-order valence-electron chi connectivity index (χ2n) is 5.52. The Labute approximate surface area is 148 Å². The van der Waals surface area contributed by atoms with Gasteiger partial charge in [0.05, 0.1) is 10.0 Å². The van der Waals surface area contributed by atoms with E-state index in [2.05, 4.69) is 5.32 Å².